The van der Waals surface area contributed by atoms with E-state index in [0.29, 0.717) is 4.47 Å². The monoisotopic (exact) mass is 260 g/mol. The van der Waals surface area contributed by atoms with Crippen LogP contribution in [-0.2, 0) is 0 Å². The Labute approximate surface area is 88.7 Å². The van der Waals surface area contributed by atoms with E-state index in [1.807, 2.05) is 6.07 Å². The number of anilines is 1. The summed E-state index contributed by atoms with van der Waals surface area (Å²) in [4.78, 5) is 0. The molecule has 0 spiro atoms. The van der Waals surface area contributed by atoms with Crippen LogP contribution in [0.5, 0.6) is 0 Å². The van der Waals surface area contributed by atoms with Crippen molar-refractivity contribution >= 4 is 21.6 Å². The van der Waals surface area contributed by atoms with Crippen LogP contribution in [0.1, 0.15) is 5.56 Å². The fraction of sp³-hybridized carbons (Fsp3) is 0.222. The van der Waals surface area contributed by atoms with Crippen molar-refractivity contribution in [2.45, 2.75) is 0 Å². The average molecular weight is 261 g/mol. The lowest BCUT2D eigenvalue weighted by molar-refractivity contribution is 0.511. The third-order valence-corrected chi connectivity index (χ3v) is 2.24. The van der Waals surface area contributed by atoms with E-state index < -0.39 is 12.5 Å². The molecule has 14 heavy (non-hydrogen) atoms. The summed E-state index contributed by atoms with van der Waals surface area (Å²) in [6.07, 6.45) is 0. The molecule has 0 radical (unpaired) electrons. The van der Waals surface area contributed by atoms with Gasteiger partial charge in [-0.05, 0) is 28.1 Å². The van der Waals surface area contributed by atoms with Gasteiger partial charge in [-0.3, -0.25) is 0 Å². The van der Waals surface area contributed by atoms with E-state index in [1.165, 1.54) is 6.07 Å². The summed E-state index contributed by atoms with van der Waals surface area (Å²) in [5.74, 6) is -0.557. The highest BCUT2D eigenvalue weighted by molar-refractivity contribution is 9.10. The smallest absolute Gasteiger partial charge is 0.147 e. The van der Waals surface area contributed by atoms with Crippen LogP contribution in [0.15, 0.2) is 16.6 Å². The molecule has 0 unspecified atom stereocenters. The lowest BCUT2D eigenvalue weighted by Crippen LogP contribution is -2.05. The molecule has 0 atom stereocenters. The number of hydrogen-bond acceptors (Lipinski definition) is 2. The molecule has 1 aromatic carbocycles. The zero-order valence-corrected chi connectivity index (χ0v) is 8.74. The molecule has 0 bridgehead atoms. The quantitative estimate of drug-likeness (QED) is 0.908. The number of benzene rings is 1. The molecule has 1 aromatic rings. The Morgan fingerprint density at radius 2 is 2.21 bits per heavy atom. The predicted molar refractivity (Wildman–Crippen MR) is 53.3 cm³/mol. The second-order valence-corrected chi connectivity index (χ2v) is 3.39. The predicted octanol–water partition coefficient (Wildman–Crippen LogP) is 2.84. The Balaban J connectivity index is 2.98. The molecular formula is C9H7BrF2N2. The first-order valence-corrected chi connectivity index (χ1v) is 4.67. The molecule has 0 heterocycles. The Bertz CT molecular complexity index is 374. The number of nitrogens with zero attached hydrogens (tertiary/aromatic N) is 1. The fourth-order valence-corrected chi connectivity index (χ4v) is 1.38. The number of nitriles is 1. The first-order valence-electron chi connectivity index (χ1n) is 3.88. The molecule has 2 nitrogen and oxygen atoms in total. The minimum Gasteiger partial charge on any atom is -0.380 e. The van der Waals surface area contributed by atoms with Gasteiger partial charge in [0, 0.05) is 11.0 Å². The minimum atomic E-state index is -0.572. The fourth-order valence-electron chi connectivity index (χ4n) is 0.950. The van der Waals surface area contributed by atoms with Crippen LogP contribution in [0.2, 0.25) is 0 Å². The molecule has 0 saturated heterocycles. The maximum Gasteiger partial charge on any atom is 0.147 e. The normalized spacial score (nSPS) is 9.57. The van der Waals surface area contributed by atoms with Gasteiger partial charge in [-0.2, -0.15) is 5.26 Å². The summed E-state index contributed by atoms with van der Waals surface area (Å²) >= 11 is 3.11. The maximum absolute atomic E-state index is 13.2. The highest BCUT2D eigenvalue weighted by atomic mass is 79.9. The van der Waals surface area contributed by atoms with Crippen molar-refractivity contribution in [2.75, 3.05) is 18.5 Å². The highest BCUT2D eigenvalue weighted by Gasteiger charge is 2.07. The summed E-state index contributed by atoms with van der Waals surface area (Å²) in [6.45, 7) is -0.522. The molecule has 0 aliphatic rings. The van der Waals surface area contributed by atoms with E-state index in [2.05, 4.69) is 21.2 Å². The molecule has 0 aliphatic carbocycles. The van der Waals surface area contributed by atoms with Crippen molar-refractivity contribution in [3.05, 3.63) is 28.0 Å². The van der Waals surface area contributed by atoms with Gasteiger partial charge in [-0.25, -0.2) is 8.78 Å². The van der Waals surface area contributed by atoms with Crippen LogP contribution in [0, 0.1) is 17.1 Å². The van der Waals surface area contributed by atoms with Crippen molar-refractivity contribution in [1.82, 2.24) is 0 Å². The van der Waals surface area contributed by atoms with E-state index >= 15 is 0 Å². The zero-order valence-electron chi connectivity index (χ0n) is 7.15. The van der Waals surface area contributed by atoms with Gasteiger partial charge in [0.05, 0.1) is 11.3 Å². The van der Waals surface area contributed by atoms with Gasteiger partial charge in [0.1, 0.15) is 18.6 Å². The third kappa shape index (κ3) is 2.42. The second-order valence-electron chi connectivity index (χ2n) is 2.54. The van der Waals surface area contributed by atoms with E-state index in [1.54, 1.807) is 0 Å². The molecule has 1 N–H and O–H groups in total. The van der Waals surface area contributed by atoms with Gasteiger partial charge in [0.2, 0.25) is 0 Å². The molecule has 5 heteroatoms. The molecule has 0 aliphatic heterocycles. The number of hydrogen-bond donors (Lipinski definition) is 1. The van der Waals surface area contributed by atoms with E-state index in [-0.39, 0.29) is 17.8 Å². The van der Waals surface area contributed by atoms with Crippen LogP contribution < -0.4 is 5.32 Å². The summed E-state index contributed by atoms with van der Waals surface area (Å²) in [7, 11) is 0. The van der Waals surface area contributed by atoms with Crippen molar-refractivity contribution in [3.63, 3.8) is 0 Å². The summed E-state index contributed by atoms with van der Waals surface area (Å²) < 4.78 is 25.5. The molecule has 0 saturated carbocycles. The standard InChI is InChI=1S/C9H7BrF2N2/c10-7-4-9(14-2-1-11)8(12)3-6(7)5-13/h3-4,14H,1-2H2. The topological polar surface area (TPSA) is 35.8 Å². The number of rotatable bonds is 3. The van der Waals surface area contributed by atoms with Crippen LogP contribution >= 0.6 is 15.9 Å². The van der Waals surface area contributed by atoms with E-state index in [9.17, 15) is 8.78 Å². The van der Waals surface area contributed by atoms with Gasteiger partial charge in [-0.15, -0.1) is 0 Å². The first-order chi connectivity index (χ1) is 6.69. The van der Waals surface area contributed by atoms with Crippen LogP contribution in [0.3, 0.4) is 0 Å². The molecular weight excluding hydrogens is 254 g/mol. The SMILES string of the molecule is N#Cc1cc(F)c(NCCF)cc1Br. The van der Waals surface area contributed by atoms with E-state index in [4.69, 9.17) is 5.26 Å². The number of nitrogens with one attached hydrogen (secondary N) is 1. The Hall–Kier alpha value is -1.15. The summed E-state index contributed by atoms with van der Waals surface area (Å²) in [5.41, 5.74) is 0.404. The Morgan fingerprint density at radius 3 is 2.79 bits per heavy atom. The van der Waals surface area contributed by atoms with Gasteiger partial charge >= 0.3 is 0 Å². The van der Waals surface area contributed by atoms with Crippen molar-refractivity contribution in [2.24, 2.45) is 0 Å². The number of alkyl halides is 1. The van der Waals surface area contributed by atoms with Crippen molar-refractivity contribution in [1.29, 1.82) is 5.26 Å². The Kier molecular flexibility index (Phi) is 3.84. The molecule has 74 valence electrons. The van der Waals surface area contributed by atoms with E-state index in [0.717, 1.165) is 6.07 Å². The molecule has 0 fully saturated rings. The third-order valence-electron chi connectivity index (χ3n) is 1.59. The van der Waals surface area contributed by atoms with Crippen molar-refractivity contribution < 1.29 is 8.78 Å². The summed E-state index contributed by atoms with van der Waals surface area (Å²) in [6, 6.07) is 4.35. The lowest BCUT2D eigenvalue weighted by atomic mass is 10.2. The van der Waals surface area contributed by atoms with Gasteiger partial charge in [0.25, 0.3) is 0 Å². The second kappa shape index (κ2) is 4.91. The lowest BCUT2D eigenvalue weighted by Gasteiger charge is -2.06. The Morgan fingerprint density at radius 1 is 1.50 bits per heavy atom. The van der Waals surface area contributed by atoms with Crippen LogP contribution in [0.4, 0.5) is 14.5 Å². The maximum atomic E-state index is 13.2. The van der Waals surface area contributed by atoms with Gasteiger partial charge < -0.3 is 5.32 Å². The van der Waals surface area contributed by atoms with Gasteiger partial charge in [0.15, 0.2) is 0 Å². The summed E-state index contributed by atoms with van der Waals surface area (Å²) in [5, 5.41) is 11.1. The average Bonchev–Trinajstić information content (AvgIpc) is 2.18. The number of halogens is 3. The first kappa shape index (κ1) is 10.9. The van der Waals surface area contributed by atoms with Crippen LogP contribution in [-0.4, -0.2) is 13.2 Å². The van der Waals surface area contributed by atoms with Gasteiger partial charge in [-0.1, -0.05) is 0 Å². The molecule has 0 aromatic heterocycles. The van der Waals surface area contributed by atoms with Crippen molar-refractivity contribution in [3.8, 4) is 6.07 Å². The van der Waals surface area contributed by atoms with Crippen LogP contribution in [0.25, 0.3) is 0 Å². The zero-order chi connectivity index (χ0) is 10.6. The molecule has 0 amide bonds. The molecule has 1 rings (SSSR count). The highest BCUT2D eigenvalue weighted by Crippen LogP contribution is 2.24. The largest absolute Gasteiger partial charge is 0.380 e. The minimum absolute atomic E-state index is 0.0509.